The predicted molar refractivity (Wildman–Crippen MR) is 127 cm³/mol. The van der Waals surface area contributed by atoms with Crippen molar-refractivity contribution in [2.75, 3.05) is 11.9 Å². The second-order valence-electron chi connectivity index (χ2n) is 8.07. The van der Waals surface area contributed by atoms with Gasteiger partial charge in [-0.05, 0) is 76.4 Å². The Labute approximate surface area is 188 Å². The maximum Gasteiger partial charge on any atom is 0.224 e. The smallest absolute Gasteiger partial charge is 0.224 e. The summed E-state index contributed by atoms with van der Waals surface area (Å²) in [4.78, 5) is 12.6. The van der Waals surface area contributed by atoms with Crippen LogP contribution in [0.15, 0.2) is 28.7 Å². The molecule has 3 nitrogen and oxygen atoms in total. The van der Waals surface area contributed by atoms with Crippen molar-refractivity contribution in [2.24, 2.45) is 0 Å². The molecule has 0 fully saturated rings. The van der Waals surface area contributed by atoms with E-state index < -0.39 is 0 Å². The van der Waals surface area contributed by atoms with Crippen molar-refractivity contribution >= 4 is 39.1 Å². The molecular formula is C24H31BrClNO2. The largest absolute Gasteiger partial charge is 0.492 e. The Morgan fingerprint density at radius 2 is 1.72 bits per heavy atom. The van der Waals surface area contributed by atoms with E-state index in [4.69, 9.17) is 16.3 Å². The molecule has 1 N–H and O–H groups in total. The number of benzene rings is 2. The Hall–Kier alpha value is -1.52. The van der Waals surface area contributed by atoms with Gasteiger partial charge < -0.3 is 10.1 Å². The van der Waals surface area contributed by atoms with Crippen LogP contribution in [0.1, 0.15) is 74.6 Å². The normalized spacial score (nSPS) is 11.2. The lowest BCUT2D eigenvalue weighted by atomic mass is 9.92. The van der Waals surface area contributed by atoms with Crippen LogP contribution in [-0.2, 0) is 4.79 Å². The van der Waals surface area contributed by atoms with Crippen molar-refractivity contribution in [2.45, 2.75) is 66.2 Å². The third-order valence-corrected chi connectivity index (χ3v) is 6.58. The second-order valence-corrected chi connectivity index (χ2v) is 9.24. The number of para-hydroxylation sites is 1. The van der Waals surface area contributed by atoms with Gasteiger partial charge in [-0.25, -0.2) is 0 Å². The van der Waals surface area contributed by atoms with E-state index in [1.807, 2.05) is 19.9 Å². The average molecular weight is 481 g/mol. The molecule has 0 unspecified atom stereocenters. The Morgan fingerprint density at radius 1 is 1.14 bits per heavy atom. The van der Waals surface area contributed by atoms with E-state index >= 15 is 0 Å². The number of halogens is 2. The van der Waals surface area contributed by atoms with Crippen LogP contribution in [0.5, 0.6) is 5.75 Å². The lowest BCUT2D eigenvalue weighted by molar-refractivity contribution is -0.116. The fraction of sp³-hybridized carbons (Fsp3) is 0.458. The Balaban J connectivity index is 1.98. The fourth-order valence-corrected chi connectivity index (χ4v) is 4.01. The van der Waals surface area contributed by atoms with E-state index in [1.54, 1.807) is 0 Å². The van der Waals surface area contributed by atoms with E-state index in [2.05, 4.69) is 67.1 Å². The molecular weight excluding hydrogens is 450 g/mol. The number of hydrogen-bond acceptors (Lipinski definition) is 2. The lowest BCUT2D eigenvalue weighted by Gasteiger charge is -2.20. The molecule has 0 aliphatic carbocycles. The number of carbonyl (C=O) groups excluding carboxylic acids is 1. The number of aryl methyl sites for hydroxylation is 1. The summed E-state index contributed by atoms with van der Waals surface area (Å²) in [6.45, 7) is 13.0. The number of anilines is 1. The molecule has 2 rings (SSSR count). The highest BCUT2D eigenvalue weighted by atomic mass is 79.9. The summed E-state index contributed by atoms with van der Waals surface area (Å²) in [6, 6.07) is 8.19. The first kappa shape index (κ1) is 23.8. The molecule has 1 amide bonds. The second kappa shape index (κ2) is 10.5. The third kappa shape index (κ3) is 5.99. The van der Waals surface area contributed by atoms with E-state index in [9.17, 15) is 4.79 Å². The van der Waals surface area contributed by atoms with Gasteiger partial charge in [-0.2, -0.15) is 0 Å². The molecule has 0 saturated heterocycles. The molecule has 0 atom stereocenters. The summed E-state index contributed by atoms with van der Waals surface area (Å²) >= 11 is 9.81. The van der Waals surface area contributed by atoms with Crippen LogP contribution in [0.3, 0.4) is 0 Å². The first-order valence-electron chi connectivity index (χ1n) is 10.1. The molecule has 5 heteroatoms. The van der Waals surface area contributed by atoms with Gasteiger partial charge in [-0.1, -0.05) is 57.5 Å². The number of carbonyl (C=O) groups is 1. The highest BCUT2D eigenvalue weighted by molar-refractivity contribution is 9.10. The Kier molecular flexibility index (Phi) is 8.59. The highest BCUT2D eigenvalue weighted by Crippen LogP contribution is 2.36. The van der Waals surface area contributed by atoms with Crippen LogP contribution >= 0.6 is 27.5 Å². The third-order valence-electron chi connectivity index (χ3n) is 5.01. The van der Waals surface area contributed by atoms with Crippen molar-refractivity contribution in [3.05, 3.63) is 56.0 Å². The zero-order chi connectivity index (χ0) is 21.7. The summed E-state index contributed by atoms with van der Waals surface area (Å²) in [5, 5.41) is 3.90. The molecule has 0 saturated carbocycles. The maximum absolute atomic E-state index is 12.6. The van der Waals surface area contributed by atoms with Crippen molar-refractivity contribution in [3.63, 3.8) is 0 Å². The van der Waals surface area contributed by atoms with Crippen LogP contribution in [0.2, 0.25) is 5.02 Å². The quantitative estimate of drug-likeness (QED) is 0.392. The molecule has 0 heterocycles. The number of ether oxygens (including phenoxy) is 1. The molecule has 0 aliphatic heterocycles. The van der Waals surface area contributed by atoms with E-state index in [0.717, 1.165) is 32.1 Å². The topological polar surface area (TPSA) is 38.3 Å². The zero-order valence-electron chi connectivity index (χ0n) is 18.2. The van der Waals surface area contributed by atoms with Gasteiger partial charge in [-0.3, -0.25) is 4.79 Å². The van der Waals surface area contributed by atoms with Crippen molar-refractivity contribution in [1.29, 1.82) is 0 Å². The minimum absolute atomic E-state index is 0.0196. The number of amides is 1. The zero-order valence-corrected chi connectivity index (χ0v) is 20.5. The van der Waals surface area contributed by atoms with E-state index in [0.29, 0.717) is 31.3 Å². The molecule has 2 aromatic carbocycles. The average Bonchev–Trinajstić information content (AvgIpc) is 2.67. The standard InChI is InChI=1S/C24H31BrClNO2/c1-14(2)18-9-7-10-19(15(3)4)24(18)27-21(28)11-8-12-29-20-13-16(5)23(26)17(6)22(20)25/h7,9-10,13-15H,8,11-12H2,1-6H3,(H,27,28). The highest BCUT2D eigenvalue weighted by Gasteiger charge is 2.16. The van der Waals surface area contributed by atoms with Gasteiger partial charge in [0, 0.05) is 17.1 Å². The molecule has 29 heavy (non-hydrogen) atoms. The van der Waals surface area contributed by atoms with Crippen LogP contribution in [0.4, 0.5) is 5.69 Å². The summed E-state index contributed by atoms with van der Waals surface area (Å²) in [5.74, 6) is 1.48. The molecule has 0 aliphatic rings. The first-order valence-corrected chi connectivity index (χ1v) is 11.3. The SMILES string of the molecule is Cc1cc(OCCCC(=O)Nc2c(C(C)C)cccc2C(C)C)c(Br)c(C)c1Cl. The van der Waals surface area contributed by atoms with Gasteiger partial charge in [0.2, 0.25) is 5.91 Å². The fourth-order valence-electron chi connectivity index (χ4n) is 3.32. The van der Waals surface area contributed by atoms with Gasteiger partial charge in [-0.15, -0.1) is 0 Å². The molecule has 2 aromatic rings. The molecule has 0 aromatic heterocycles. The molecule has 158 valence electrons. The first-order chi connectivity index (χ1) is 13.6. The summed E-state index contributed by atoms with van der Waals surface area (Å²) < 4.78 is 6.76. The monoisotopic (exact) mass is 479 g/mol. The summed E-state index contributed by atoms with van der Waals surface area (Å²) in [7, 11) is 0. The van der Waals surface area contributed by atoms with Gasteiger partial charge in [0.1, 0.15) is 5.75 Å². The number of nitrogens with one attached hydrogen (secondary N) is 1. The van der Waals surface area contributed by atoms with Crippen molar-refractivity contribution in [1.82, 2.24) is 0 Å². The van der Waals surface area contributed by atoms with Crippen LogP contribution < -0.4 is 10.1 Å². The molecule has 0 radical (unpaired) electrons. The van der Waals surface area contributed by atoms with Crippen LogP contribution in [-0.4, -0.2) is 12.5 Å². The summed E-state index contributed by atoms with van der Waals surface area (Å²) in [5.41, 5.74) is 5.27. The maximum atomic E-state index is 12.6. The van der Waals surface area contributed by atoms with E-state index in [1.165, 1.54) is 11.1 Å². The minimum Gasteiger partial charge on any atom is -0.492 e. The van der Waals surface area contributed by atoms with Crippen molar-refractivity contribution < 1.29 is 9.53 Å². The van der Waals surface area contributed by atoms with Crippen LogP contribution in [0.25, 0.3) is 0 Å². The predicted octanol–water partition coefficient (Wildman–Crippen LogP) is 7.76. The minimum atomic E-state index is 0.0196. The van der Waals surface area contributed by atoms with E-state index in [-0.39, 0.29) is 5.91 Å². The van der Waals surface area contributed by atoms with Gasteiger partial charge in [0.15, 0.2) is 0 Å². The number of rotatable bonds is 8. The van der Waals surface area contributed by atoms with Gasteiger partial charge in [0.25, 0.3) is 0 Å². The Morgan fingerprint density at radius 3 is 2.28 bits per heavy atom. The molecule has 0 bridgehead atoms. The molecule has 0 spiro atoms. The van der Waals surface area contributed by atoms with Gasteiger partial charge in [0.05, 0.1) is 11.1 Å². The summed E-state index contributed by atoms with van der Waals surface area (Å²) in [6.07, 6.45) is 1.05. The Bertz CT molecular complexity index is 851. The van der Waals surface area contributed by atoms with Crippen molar-refractivity contribution in [3.8, 4) is 5.75 Å². The number of hydrogen-bond donors (Lipinski definition) is 1. The van der Waals surface area contributed by atoms with Crippen LogP contribution in [0, 0.1) is 13.8 Å². The van der Waals surface area contributed by atoms with Gasteiger partial charge >= 0.3 is 0 Å². The lowest BCUT2D eigenvalue weighted by Crippen LogP contribution is -2.16.